The van der Waals surface area contributed by atoms with Crippen LogP contribution in [0.25, 0.3) is 0 Å². The molecule has 1 heterocycles. The van der Waals surface area contributed by atoms with Gasteiger partial charge in [-0.05, 0) is 75.4 Å². The lowest BCUT2D eigenvalue weighted by atomic mass is 9.74. The molecule has 0 aromatic heterocycles. The van der Waals surface area contributed by atoms with Crippen LogP contribution in [0.3, 0.4) is 0 Å². The zero-order valence-corrected chi connectivity index (χ0v) is 13.0. The zero-order chi connectivity index (χ0) is 14.2. The summed E-state index contributed by atoms with van der Waals surface area (Å²) >= 11 is 0. The van der Waals surface area contributed by atoms with Gasteiger partial charge in [0.1, 0.15) is 0 Å². The summed E-state index contributed by atoms with van der Waals surface area (Å²) < 4.78 is 12.5. The molecule has 2 aliphatic carbocycles. The van der Waals surface area contributed by atoms with Crippen molar-refractivity contribution >= 4 is 12.6 Å². The second-order valence-electron chi connectivity index (χ2n) is 7.74. The van der Waals surface area contributed by atoms with Crippen LogP contribution in [-0.4, -0.2) is 18.3 Å². The highest BCUT2D eigenvalue weighted by molar-refractivity contribution is 6.62. The molecule has 1 aromatic carbocycles. The topological polar surface area (TPSA) is 18.5 Å². The molecule has 0 unspecified atom stereocenters. The highest BCUT2D eigenvalue weighted by atomic mass is 16.7. The van der Waals surface area contributed by atoms with Gasteiger partial charge in [0.15, 0.2) is 0 Å². The molecule has 2 fully saturated rings. The van der Waals surface area contributed by atoms with Crippen LogP contribution in [0.2, 0.25) is 0 Å². The summed E-state index contributed by atoms with van der Waals surface area (Å²) in [6.45, 7) is 8.49. The lowest BCUT2D eigenvalue weighted by Crippen LogP contribution is -2.41. The molecule has 2 nitrogen and oxygen atoms in total. The SMILES string of the molecule is CC1(C)OB(c2cccc3c2CCC32CC2)OC1(C)C. The van der Waals surface area contributed by atoms with E-state index in [1.807, 2.05) is 0 Å². The fourth-order valence-electron chi connectivity index (χ4n) is 3.74. The minimum Gasteiger partial charge on any atom is -0.399 e. The summed E-state index contributed by atoms with van der Waals surface area (Å²) in [4.78, 5) is 0. The third kappa shape index (κ3) is 1.60. The molecule has 0 N–H and O–H groups in total. The van der Waals surface area contributed by atoms with Gasteiger partial charge in [-0.1, -0.05) is 18.2 Å². The first kappa shape index (κ1) is 12.9. The Bertz CT molecular complexity index is 556. The normalized spacial score (nSPS) is 27.9. The van der Waals surface area contributed by atoms with Crippen LogP contribution in [0, 0.1) is 0 Å². The van der Waals surface area contributed by atoms with Crippen LogP contribution in [0.4, 0.5) is 0 Å². The Morgan fingerprint density at radius 3 is 2.20 bits per heavy atom. The lowest BCUT2D eigenvalue weighted by molar-refractivity contribution is 0.00578. The lowest BCUT2D eigenvalue weighted by Gasteiger charge is -2.32. The smallest absolute Gasteiger partial charge is 0.399 e. The van der Waals surface area contributed by atoms with E-state index in [0.29, 0.717) is 5.41 Å². The minimum atomic E-state index is -0.254. The molecule has 1 aliphatic heterocycles. The maximum Gasteiger partial charge on any atom is 0.495 e. The predicted octanol–water partition coefficient (Wildman–Crippen LogP) is 2.96. The molecule has 106 valence electrons. The van der Waals surface area contributed by atoms with Crippen molar-refractivity contribution in [3.05, 3.63) is 29.3 Å². The van der Waals surface area contributed by atoms with Crippen molar-refractivity contribution in [2.75, 3.05) is 0 Å². The summed E-state index contributed by atoms with van der Waals surface area (Å²) in [5.74, 6) is 0. The molecule has 20 heavy (non-hydrogen) atoms. The molecule has 0 atom stereocenters. The summed E-state index contributed by atoms with van der Waals surface area (Å²) in [5, 5.41) is 0. The van der Waals surface area contributed by atoms with E-state index in [-0.39, 0.29) is 18.3 Å². The molecule has 4 rings (SSSR count). The largest absolute Gasteiger partial charge is 0.495 e. The molecular formula is C17H23BO2. The van der Waals surface area contributed by atoms with Crippen LogP contribution >= 0.6 is 0 Å². The second-order valence-corrected chi connectivity index (χ2v) is 7.74. The number of hydrogen-bond acceptors (Lipinski definition) is 2. The van der Waals surface area contributed by atoms with Crippen LogP contribution in [0.1, 0.15) is 58.1 Å². The molecular weight excluding hydrogens is 247 g/mol. The van der Waals surface area contributed by atoms with Crippen LogP contribution in [-0.2, 0) is 21.1 Å². The van der Waals surface area contributed by atoms with E-state index in [2.05, 4.69) is 45.9 Å². The fraction of sp³-hybridized carbons (Fsp3) is 0.647. The highest BCUT2D eigenvalue weighted by Gasteiger charge is 2.54. The maximum absolute atomic E-state index is 6.24. The van der Waals surface area contributed by atoms with Crippen LogP contribution in [0.15, 0.2) is 18.2 Å². The van der Waals surface area contributed by atoms with E-state index in [1.54, 1.807) is 5.56 Å². The molecule has 1 spiro atoms. The third-order valence-electron chi connectivity index (χ3n) is 6.00. The van der Waals surface area contributed by atoms with Gasteiger partial charge in [0.2, 0.25) is 0 Å². The molecule has 3 aliphatic rings. The summed E-state index contributed by atoms with van der Waals surface area (Å²) in [5.41, 5.74) is 4.36. The Hall–Kier alpha value is -0.795. The van der Waals surface area contributed by atoms with Crippen molar-refractivity contribution in [3.8, 4) is 0 Å². The van der Waals surface area contributed by atoms with Crippen molar-refractivity contribution in [3.63, 3.8) is 0 Å². The van der Waals surface area contributed by atoms with E-state index >= 15 is 0 Å². The second kappa shape index (κ2) is 3.69. The van der Waals surface area contributed by atoms with E-state index < -0.39 is 0 Å². The van der Waals surface area contributed by atoms with Gasteiger partial charge < -0.3 is 9.31 Å². The van der Waals surface area contributed by atoms with Crippen LogP contribution in [0.5, 0.6) is 0 Å². The molecule has 0 bridgehead atoms. The summed E-state index contributed by atoms with van der Waals surface area (Å²) in [6, 6.07) is 6.71. The van der Waals surface area contributed by atoms with Gasteiger partial charge >= 0.3 is 7.12 Å². The molecule has 1 aromatic rings. The van der Waals surface area contributed by atoms with Crippen molar-refractivity contribution < 1.29 is 9.31 Å². The van der Waals surface area contributed by atoms with Crippen LogP contribution < -0.4 is 5.46 Å². The predicted molar refractivity (Wildman–Crippen MR) is 81.4 cm³/mol. The molecule has 1 saturated heterocycles. The van der Waals surface area contributed by atoms with E-state index in [4.69, 9.17) is 9.31 Å². The fourth-order valence-corrected chi connectivity index (χ4v) is 3.74. The molecule has 3 heteroatoms. The van der Waals surface area contributed by atoms with Crippen molar-refractivity contribution in [1.29, 1.82) is 0 Å². The Morgan fingerprint density at radius 1 is 0.950 bits per heavy atom. The highest BCUT2D eigenvalue weighted by Crippen LogP contribution is 2.56. The summed E-state index contributed by atoms with van der Waals surface area (Å²) in [7, 11) is -0.205. The first-order valence-corrected chi connectivity index (χ1v) is 7.83. The Labute approximate surface area is 122 Å². The average Bonchev–Trinajstić information content (AvgIpc) is 2.99. The van der Waals surface area contributed by atoms with E-state index in [0.717, 1.165) is 0 Å². The maximum atomic E-state index is 6.24. The van der Waals surface area contributed by atoms with Crippen molar-refractivity contribution in [2.24, 2.45) is 0 Å². The molecule has 1 saturated carbocycles. The summed E-state index contributed by atoms with van der Waals surface area (Å²) in [6.07, 6.45) is 5.24. The van der Waals surface area contributed by atoms with E-state index in [1.165, 1.54) is 36.7 Å². The van der Waals surface area contributed by atoms with E-state index in [9.17, 15) is 0 Å². The van der Waals surface area contributed by atoms with Gasteiger partial charge in [0.05, 0.1) is 11.2 Å². The van der Waals surface area contributed by atoms with Gasteiger partial charge in [-0.25, -0.2) is 0 Å². The number of fused-ring (bicyclic) bond motifs is 2. The Morgan fingerprint density at radius 2 is 1.60 bits per heavy atom. The Balaban J connectivity index is 1.74. The molecule has 0 radical (unpaired) electrons. The van der Waals surface area contributed by atoms with Crippen molar-refractivity contribution in [1.82, 2.24) is 0 Å². The van der Waals surface area contributed by atoms with Crippen molar-refractivity contribution in [2.45, 2.75) is 70.0 Å². The third-order valence-corrected chi connectivity index (χ3v) is 6.00. The minimum absolute atomic E-state index is 0.205. The first-order chi connectivity index (χ1) is 9.35. The average molecular weight is 270 g/mol. The van der Waals surface area contributed by atoms with Gasteiger partial charge in [0.25, 0.3) is 0 Å². The Kier molecular flexibility index (Phi) is 2.38. The zero-order valence-electron chi connectivity index (χ0n) is 13.0. The monoisotopic (exact) mass is 270 g/mol. The van der Waals surface area contributed by atoms with Gasteiger partial charge in [0, 0.05) is 0 Å². The van der Waals surface area contributed by atoms with Gasteiger partial charge in [-0.2, -0.15) is 0 Å². The van der Waals surface area contributed by atoms with Gasteiger partial charge in [-0.15, -0.1) is 0 Å². The standard InChI is InChI=1S/C17H23BO2/c1-15(2)16(3,4)20-18(19-15)14-7-5-6-13-12(14)8-9-17(13)10-11-17/h5-7H,8-11H2,1-4H3. The number of benzene rings is 1. The molecule has 0 amide bonds. The first-order valence-electron chi connectivity index (χ1n) is 7.83. The van der Waals surface area contributed by atoms with Gasteiger partial charge in [-0.3, -0.25) is 0 Å². The number of rotatable bonds is 1. The number of hydrogen-bond donors (Lipinski definition) is 0. The quantitative estimate of drug-likeness (QED) is 0.730.